The van der Waals surface area contributed by atoms with Crippen molar-refractivity contribution < 1.29 is 31.1 Å². The molecule has 10 heteroatoms. The van der Waals surface area contributed by atoms with Crippen molar-refractivity contribution in [1.29, 1.82) is 0 Å². The van der Waals surface area contributed by atoms with E-state index in [2.05, 4.69) is 9.72 Å². The first-order valence-electron chi connectivity index (χ1n) is 8.06. The number of sulfonamides is 1. The van der Waals surface area contributed by atoms with Gasteiger partial charge in [-0.2, -0.15) is 17.5 Å². The Kier molecular flexibility index (Phi) is 5.21. The van der Waals surface area contributed by atoms with Crippen molar-refractivity contribution in [2.24, 2.45) is 0 Å². The van der Waals surface area contributed by atoms with E-state index in [1.165, 1.54) is 10.4 Å². The molecule has 140 valence electrons. The summed E-state index contributed by atoms with van der Waals surface area (Å²) in [5.41, 5.74) is 0. The molecule has 0 radical (unpaired) electrons. The van der Waals surface area contributed by atoms with Crippen LogP contribution in [0.3, 0.4) is 0 Å². The Labute approximate surface area is 144 Å². The molecule has 1 aliphatic heterocycles. The summed E-state index contributed by atoms with van der Waals surface area (Å²) in [6.07, 6.45) is -0.00562. The zero-order chi connectivity index (χ0) is 18.1. The topological polar surface area (TPSA) is 68.7 Å². The number of alkyl halides is 3. The number of nitrogens with zero attached hydrogens (tertiary/aromatic N) is 2. The lowest BCUT2D eigenvalue weighted by Crippen LogP contribution is -2.54. The Bertz CT molecular complexity index is 692. The van der Waals surface area contributed by atoms with Gasteiger partial charge in [0.1, 0.15) is 4.90 Å². The summed E-state index contributed by atoms with van der Waals surface area (Å²) in [5, 5.41) is 0. The second-order valence-corrected chi connectivity index (χ2v) is 8.00. The molecule has 0 spiro atoms. The molecular formula is C15H19F3N2O4S. The van der Waals surface area contributed by atoms with Gasteiger partial charge in [0.25, 0.3) is 0 Å². The molecule has 1 saturated carbocycles. The standard InChI is InChI=1S/C15H19F3N2O4S/c16-15(17,18)10-24-14-6-5-11(9-19-14)25(21,22)20-7-8-23-13-4-2-1-3-12(13)20/h5-6,9,12-13H,1-4,7-8,10H2/t12-,13-/m1/s1. The van der Waals surface area contributed by atoms with Gasteiger partial charge in [0, 0.05) is 12.6 Å². The first kappa shape index (κ1) is 18.4. The van der Waals surface area contributed by atoms with E-state index in [-0.39, 0.29) is 29.5 Å². The van der Waals surface area contributed by atoms with E-state index in [1.807, 2.05) is 0 Å². The molecule has 0 unspecified atom stereocenters. The van der Waals surface area contributed by atoms with Crippen LogP contribution in [0.25, 0.3) is 0 Å². The van der Waals surface area contributed by atoms with Crippen molar-refractivity contribution in [3.63, 3.8) is 0 Å². The van der Waals surface area contributed by atoms with Crippen LogP contribution < -0.4 is 4.74 Å². The minimum absolute atomic E-state index is 0.0573. The van der Waals surface area contributed by atoms with Gasteiger partial charge in [0.2, 0.25) is 15.9 Å². The van der Waals surface area contributed by atoms with Gasteiger partial charge in [0.15, 0.2) is 6.61 Å². The molecule has 2 fully saturated rings. The number of rotatable bonds is 4. The van der Waals surface area contributed by atoms with Gasteiger partial charge in [-0.05, 0) is 18.9 Å². The molecule has 0 N–H and O–H groups in total. The lowest BCUT2D eigenvalue weighted by atomic mass is 9.91. The van der Waals surface area contributed by atoms with E-state index in [1.54, 1.807) is 0 Å². The molecule has 6 nitrogen and oxygen atoms in total. The van der Waals surface area contributed by atoms with Gasteiger partial charge in [0.05, 0.1) is 24.9 Å². The lowest BCUT2D eigenvalue weighted by molar-refractivity contribution is -0.154. The quantitative estimate of drug-likeness (QED) is 0.802. The summed E-state index contributed by atoms with van der Waals surface area (Å²) in [6, 6.07) is 2.16. The number of hydrogen-bond acceptors (Lipinski definition) is 5. The fourth-order valence-corrected chi connectivity index (χ4v) is 4.86. The Hall–Kier alpha value is -1.39. The highest BCUT2D eigenvalue weighted by molar-refractivity contribution is 7.89. The predicted octanol–water partition coefficient (Wildman–Crippen LogP) is 2.35. The van der Waals surface area contributed by atoms with Gasteiger partial charge in [-0.25, -0.2) is 13.4 Å². The summed E-state index contributed by atoms with van der Waals surface area (Å²) in [6.45, 7) is -0.879. The van der Waals surface area contributed by atoms with Crippen LogP contribution >= 0.6 is 0 Å². The number of fused-ring (bicyclic) bond motifs is 1. The van der Waals surface area contributed by atoms with Crippen LogP contribution in [0, 0.1) is 0 Å². The van der Waals surface area contributed by atoms with Crippen molar-refractivity contribution in [3.8, 4) is 5.88 Å². The maximum Gasteiger partial charge on any atom is 0.422 e. The molecule has 0 bridgehead atoms. The number of halogens is 3. The molecule has 3 rings (SSSR count). The molecule has 0 amide bonds. The highest BCUT2D eigenvalue weighted by atomic mass is 32.2. The number of ether oxygens (including phenoxy) is 2. The fraction of sp³-hybridized carbons (Fsp3) is 0.667. The average Bonchev–Trinajstić information content (AvgIpc) is 2.59. The first-order valence-corrected chi connectivity index (χ1v) is 9.50. The Morgan fingerprint density at radius 3 is 2.72 bits per heavy atom. The van der Waals surface area contributed by atoms with Gasteiger partial charge >= 0.3 is 6.18 Å². The Morgan fingerprint density at radius 1 is 1.28 bits per heavy atom. The zero-order valence-electron chi connectivity index (χ0n) is 13.4. The van der Waals surface area contributed by atoms with E-state index in [4.69, 9.17) is 4.74 Å². The molecule has 1 aliphatic carbocycles. The van der Waals surface area contributed by atoms with Crippen LogP contribution in [0.2, 0.25) is 0 Å². The van der Waals surface area contributed by atoms with Gasteiger partial charge in [-0.1, -0.05) is 12.8 Å². The highest BCUT2D eigenvalue weighted by Crippen LogP contribution is 2.32. The maximum absolute atomic E-state index is 12.9. The van der Waals surface area contributed by atoms with E-state index in [0.717, 1.165) is 37.9 Å². The van der Waals surface area contributed by atoms with Crippen molar-refractivity contribution >= 4 is 10.0 Å². The zero-order valence-corrected chi connectivity index (χ0v) is 14.2. The number of morpholine rings is 1. The minimum atomic E-state index is -4.48. The van der Waals surface area contributed by atoms with Crippen molar-refractivity contribution in [1.82, 2.24) is 9.29 Å². The van der Waals surface area contributed by atoms with Crippen LogP contribution in [0.15, 0.2) is 23.2 Å². The van der Waals surface area contributed by atoms with Crippen LogP contribution in [-0.4, -0.2) is 55.8 Å². The van der Waals surface area contributed by atoms with Crippen LogP contribution in [0.5, 0.6) is 5.88 Å². The summed E-state index contributed by atoms with van der Waals surface area (Å²) in [7, 11) is -3.78. The summed E-state index contributed by atoms with van der Waals surface area (Å²) in [4.78, 5) is 3.63. The molecule has 0 aromatic carbocycles. The SMILES string of the molecule is O=S(=O)(c1ccc(OCC(F)(F)F)nc1)N1CCO[C@@H]2CCCC[C@H]21. The van der Waals surface area contributed by atoms with E-state index in [0.29, 0.717) is 6.61 Å². The van der Waals surface area contributed by atoms with Gasteiger partial charge in [-0.3, -0.25) is 0 Å². The van der Waals surface area contributed by atoms with Crippen molar-refractivity contribution in [2.75, 3.05) is 19.8 Å². The number of hydrogen-bond donors (Lipinski definition) is 0. The third-order valence-electron chi connectivity index (χ3n) is 4.38. The van der Waals surface area contributed by atoms with E-state index < -0.39 is 22.8 Å². The second kappa shape index (κ2) is 7.08. The summed E-state index contributed by atoms with van der Waals surface area (Å²) >= 11 is 0. The molecular weight excluding hydrogens is 361 g/mol. The fourth-order valence-electron chi connectivity index (χ4n) is 3.26. The predicted molar refractivity (Wildman–Crippen MR) is 81.7 cm³/mol. The molecule has 1 aromatic rings. The molecule has 1 saturated heterocycles. The lowest BCUT2D eigenvalue weighted by Gasteiger charge is -2.42. The summed E-state index contributed by atoms with van der Waals surface area (Å²) in [5.74, 6) is -0.270. The third kappa shape index (κ3) is 4.24. The van der Waals surface area contributed by atoms with E-state index in [9.17, 15) is 21.6 Å². The average molecular weight is 380 g/mol. The van der Waals surface area contributed by atoms with E-state index >= 15 is 0 Å². The minimum Gasteiger partial charge on any atom is -0.468 e. The molecule has 2 aliphatic rings. The van der Waals surface area contributed by atoms with Gasteiger partial charge in [-0.15, -0.1) is 0 Å². The Balaban J connectivity index is 1.75. The number of aromatic nitrogens is 1. The number of pyridine rings is 1. The normalized spacial score (nSPS) is 25.4. The second-order valence-electron chi connectivity index (χ2n) is 6.11. The molecule has 25 heavy (non-hydrogen) atoms. The monoisotopic (exact) mass is 380 g/mol. The van der Waals surface area contributed by atoms with Crippen molar-refractivity contribution in [2.45, 2.75) is 48.9 Å². The summed E-state index contributed by atoms with van der Waals surface area (Å²) < 4.78 is 73.8. The largest absolute Gasteiger partial charge is 0.468 e. The third-order valence-corrected chi connectivity index (χ3v) is 6.29. The smallest absolute Gasteiger partial charge is 0.422 e. The Morgan fingerprint density at radius 2 is 2.04 bits per heavy atom. The highest BCUT2D eigenvalue weighted by Gasteiger charge is 2.41. The van der Waals surface area contributed by atoms with Crippen LogP contribution in [-0.2, 0) is 14.8 Å². The maximum atomic E-state index is 12.9. The van der Waals surface area contributed by atoms with Crippen molar-refractivity contribution in [3.05, 3.63) is 18.3 Å². The van der Waals surface area contributed by atoms with Crippen LogP contribution in [0.4, 0.5) is 13.2 Å². The molecule has 2 heterocycles. The molecule has 2 atom stereocenters. The first-order chi connectivity index (χ1) is 11.8. The van der Waals surface area contributed by atoms with Gasteiger partial charge < -0.3 is 9.47 Å². The molecule has 1 aromatic heterocycles. The van der Waals surface area contributed by atoms with Crippen LogP contribution in [0.1, 0.15) is 25.7 Å².